The maximum Gasteiger partial charge on any atom is 0.348 e. The minimum absolute atomic E-state index is 0.127. The average molecular weight is 368 g/mol. The van der Waals surface area contributed by atoms with E-state index in [1.54, 1.807) is 4.90 Å². The third kappa shape index (κ3) is 3.95. The summed E-state index contributed by atoms with van der Waals surface area (Å²) in [4.78, 5) is 34.5. The van der Waals surface area contributed by atoms with Gasteiger partial charge in [0, 0.05) is 13.1 Å². The molecule has 1 saturated heterocycles. The lowest BCUT2D eigenvalue weighted by Gasteiger charge is -2.30. The van der Waals surface area contributed by atoms with E-state index >= 15 is 0 Å². The van der Waals surface area contributed by atoms with E-state index in [4.69, 9.17) is 5.73 Å². The van der Waals surface area contributed by atoms with Crippen LogP contribution in [0.2, 0.25) is 0 Å². The van der Waals surface area contributed by atoms with Gasteiger partial charge in [-0.05, 0) is 37.1 Å². The van der Waals surface area contributed by atoms with Gasteiger partial charge in [0.15, 0.2) is 5.82 Å². The van der Waals surface area contributed by atoms with Gasteiger partial charge in [-0.3, -0.25) is 14.7 Å². The fourth-order valence-electron chi connectivity index (χ4n) is 3.81. The molecular formula is C19H24N6O2. The van der Waals surface area contributed by atoms with Crippen LogP contribution in [0.3, 0.4) is 0 Å². The largest absolute Gasteiger partial charge is 0.383 e. The number of aromatic nitrogens is 2. The van der Waals surface area contributed by atoms with Gasteiger partial charge in [0.1, 0.15) is 11.5 Å². The van der Waals surface area contributed by atoms with Gasteiger partial charge in [-0.1, -0.05) is 30.7 Å². The molecule has 0 aliphatic carbocycles. The molecule has 8 heteroatoms. The molecule has 0 radical (unpaired) electrons. The molecule has 0 spiro atoms. The van der Waals surface area contributed by atoms with E-state index in [0.29, 0.717) is 18.1 Å². The van der Waals surface area contributed by atoms with Crippen molar-refractivity contribution in [3.8, 4) is 0 Å². The van der Waals surface area contributed by atoms with Crippen LogP contribution in [0.15, 0.2) is 29.1 Å². The van der Waals surface area contributed by atoms with Crippen LogP contribution in [-0.2, 0) is 17.9 Å². The van der Waals surface area contributed by atoms with Crippen LogP contribution < -0.4 is 21.6 Å². The monoisotopic (exact) mass is 368 g/mol. The van der Waals surface area contributed by atoms with Crippen LogP contribution >= 0.6 is 0 Å². The van der Waals surface area contributed by atoms with Crippen LogP contribution in [0.25, 0.3) is 0 Å². The molecule has 1 fully saturated rings. The van der Waals surface area contributed by atoms with Crippen molar-refractivity contribution in [2.75, 3.05) is 35.6 Å². The molecule has 0 atom stereocenters. The van der Waals surface area contributed by atoms with E-state index in [-0.39, 0.29) is 18.3 Å². The Kier molecular flexibility index (Phi) is 4.81. The van der Waals surface area contributed by atoms with E-state index in [2.05, 4.69) is 32.3 Å². The molecule has 3 heterocycles. The first kappa shape index (κ1) is 17.5. The van der Waals surface area contributed by atoms with E-state index in [1.165, 1.54) is 24.8 Å². The zero-order valence-corrected chi connectivity index (χ0v) is 15.2. The van der Waals surface area contributed by atoms with E-state index in [9.17, 15) is 9.59 Å². The molecule has 27 heavy (non-hydrogen) atoms. The fourth-order valence-corrected chi connectivity index (χ4v) is 3.81. The number of anilines is 3. The van der Waals surface area contributed by atoms with Crippen molar-refractivity contribution in [3.63, 3.8) is 0 Å². The van der Waals surface area contributed by atoms with Gasteiger partial charge in [0.05, 0.1) is 6.54 Å². The second kappa shape index (κ2) is 7.40. The third-order valence-corrected chi connectivity index (χ3v) is 5.06. The van der Waals surface area contributed by atoms with Crippen molar-refractivity contribution in [1.29, 1.82) is 0 Å². The second-order valence-electron chi connectivity index (χ2n) is 7.22. The number of carbonyl (C=O) groups excluding carboxylic acids is 1. The second-order valence-corrected chi connectivity index (χ2v) is 7.22. The van der Waals surface area contributed by atoms with Crippen molar-refractivity contribution >= 4 is 23.2 Å². The van der Waals surface area contributed by atoms with E-state index in [0.717, 1.165) is 25.2 Å². The number of carbonyl (C=O) groups is 1. The van der Waals surface area contributed by atoms with Crippen molar-refractivity contribution in [2.24, 2.45) is 0 Å². The number of likely N-dealkylation sites (tertiary alicyclic amines) is 1. The molecule has 1 aromatic carbocycles. The van der Waals surface area contributed by atoms with Crippen molar-refractivity contribution < 1.29 is 4.79 Å². The molecule has 0 unspecified atom stereocenters. The minimum atomic E-state index is -0.522. The Balaban J connectivity index is 1.55. The first-order chi connectivity index (χ1) is 13.1. The summed E-state index contributed by atoms with van der Waals surface area (Å²) in [5.74, 6) is 0.367. The van der Waals surface area contributed by atoms with E-state index in [1.807, 2.05) is 12.1 Å². The number of aromatic amines is 1. The number of benzene rings is 1. The Morgan fingerprint density at radius 1 is 1.07 bits per heavy atom. The number of amides is 1. The zero-order valence-electron chi connectivity index (χ0n) is 15.2. The predicted molar refractivity (Wildman–Crippen MR) is 105 cm³/mol. The molecule has 2 aromatic rings. The number of H-pyrrole nitrogens is 1. The molecule has 142 valence electrons. The maximum atomic E-state index is 12.1. The lowest BCUT2D eigenvalue weighted by atomic mass is 10.1. The van der Waals surface area contributed by atoms with Gasteiger partial charge in [-0.15, -0.1) is 0 Å². The topological polar surface area (TPSA) is 107 Å². The van der Waals surface area contributed by atoms with Crippen LogP contribution in [-0.4, -0.2) is 40.4 Å². The summed E-state index contributed by atoms with van der Waals surface area (Å²) in [6, 6.07) is 8.37. The van der Waals surface area contributed by atoms with Crippen molar-refractivity contribution in [3.05, 3.63) is 45.9 Å². The number of hydrogen-bond donors (Lipinski definition) is 3. The van der Waals surface area contributed by atoms with Gasteiger partial charge >= 0.3 is 5.69 Å². The van der Waals surface area contributed by atoms with Gasteiger partial charge in [0.2, 0.25) is 5.91 Å². The molecular weight excluding hydrogens is 344 g/mol. The van der Waals surface area contributed by atoms with E-state index < -0.39 is 5.69 Å². The lowest BCUT2D eigenvalue weighted by molar-refractivity contribution is -0.115. The molecule has 1 amide bonds. The molecule has 8 nitrogen and oxygen atoms in total. The number of nitrogens with one attached hydrogen (secondary N) is 2. The number of nitrogens with zero attached hydrogens (tertiary/aromatic N) is 3. The minimum Gasteiger partial charge on any atom is -0.383 e. The van der Waals surface area contributed by atoms with Gasteiger partial charge in [-0.2, -0.15) is 4.98 Å². The highest BCUT2D eigenvalue weighted by molar-refractivity contribution is 6.02. The third-order valence-electron chi connectivity index (χ3n) is 5.06. The van der Waals surface area contributed by atoms with Gasteiger partial charge < -0.3 is 16.0 Å². The standard InChI is InChI=1S/C19H24N6O2/c20-17-16-18(23-19(27)22-17)25(12-15(26)21-16)11-14-6-4-5-13(9-14)10-24-7-2-1-3-8-24/h4-6,9H,1-3,7-8,10-12H2,(H,21,26)(H3,20,22,23,27). The Bertz CT molecular complexity index is 903. The normalized spacial score (nSPS) is 17.5. The Hall–Kier alpha value is -2.87. The summed E-state index contributed by atoms with van der Waals surface area (Å²) < 4.78 is 0. The predicted octanol–water partition coefficient (Wildman–Crippen LogP) is 1.30. The van der Waals surface area contributed by atoms with Crippen LogP contribution in [0.5, 0.6) is 0 Å². The highest BCUT2D eigenvalue weighted by atomic mass is 16.2. The number of nitrogens with two attached hydrogens (primary N) is 1. The first-order valence-electron chi connectivity index (χ1n) is 9.33. The van der Waals surface area contributed by atoms with Crippen LogP contribution in [0.4, 0.5) is 17.3 Å². The first-order valence-corrected chi connectivity index (χ1v) is 9.33. The molecule has 4 rings (SSSR count). The summed E-state index contributed by atoms with van der Waals surface area (Å²) >= 11 is 0. The lowest BCUT2D eigenvalue weighted by Crippen LogP contribution is -2.40. The number of nitrogen functional groups attached to an aromatic ring is 1. The molecule has 4 N–H and O–H groups in total. The number of hydrogen-bond acceptors (Lipinski definition) is 6. The Morgan fingerprint density at radius 3 is 2.59 bits per heavy atom. The smallest absolute Gasteiger partial charge is 0.348 e. The molecule has 2 aliphatic rings. The van der Waals surface area contributed by atoms with Gasteiger partial charge in [0.25, 0.3) is 0 Å². The maximum absolute atomic E-state index is 12.1. The molecule has 0 saturated carbocycles. The summed E-state index contributed by atoms with van der Waals surface area (Å²) in [5.41, 5.74) is 8.03. The molecule has 0 bridgehead atoms. The average Bonchev–Trinajstić information content (AvgIpc) is 2.64. The highest BCUT2D eigenvalue weighted by Crippen LogP contribution is 2.30. The quantitative estimate of drug-likeness (QED) is 0.751. The van der Waals surface area contributed by atoms with Crippen molar-refractivity contribution in [2.45, 2.75) is 32.4 Å². The van der Waals surface area contributed by atoms with Crippen LogP contribution in [0, 0.1) is 0 Å². The number of piperidine rings is 1. The summed E-state index contributed by atoms with van der Waals surface area (Å²) in [7, 11) is 0. The Labute approximate surface area is 157 Å². The van der Waals surface area contributed by atoms with Crippen molar-refractivity contribution in [1.82, 2.24) is 14.9 Å². The molecule has 1 aromatic heterocycles. The molecule has 2 aliphatic heterocycles. The highest BCUT2D eigenvalue weighted by Gasteiger charge is 2.26. The number of rotatable bonds is 4. The SMILES string of the molecule is Nc1[nH]c(=O)nc2c1NC(=O)CN2Cc1cccc(CN2CCCCC2)c1. The van der Waals surface area contributed by atoms with Gasteiger partial charge in [-0.25, -0.2) is 4.79 Å². The fraction of sp³-hybridized carbons (Fsp3) is 0.421. The summed E-state index contributed by atoms with van der Waals surface area (Å²) in [6.07, 6.45) is 3.85. The number of fused-ring (bicyclic) bond motifs is 1. The zero-order chi connectivity index (χ0) is 18.8. The summed E-state index contributed by atoms with van der Waals surface area (Å²) in [5, 5.41) is 2.69. The summed E-state index contributed by atoms with van der Waals surface area (Å²) in [6.45, 7) is 3.87. The van der Waals surface area contributed by atoms with Crippen LogP contribution in [0.1, 0.15) is 30.4 Å². The Morgan fingerprint density at radius 2 is 1.81 bits per heavy atom.